The van der Waals surface area contributed by atoms with E-state index in [2.05, 4.69) is 19.2 Å². The van der Waals surface area contributed by atoms with Crippen molar-refractivity contribution in [3.8, 4) is 0 Å². The first-order chi connectivity index (χ1) is 9.64. The van der Waals surface area contributed by atoms with Gasteiger partial charge in [-0.05, 0) is 63.3 Å². The molecule has 3 rings (SSSR count). The highest BCUT2D eigenvalue weighted by atomic mass is 16.5. The van der Waals surface area contributed by atoms with Crippen molar-refractivity contribution < 1.29 is 9.47 Å². The molecule has 1 spiro atoms. The van der Waals surface area contributed by atoms with E-state index >= 15 is 0 Å². The first-order valence-corrected chi connectivity index (χ1v) is 8.61. The van der Waals surface area contributed by atoms with Gasteiger partial charge in [0.15, 0.2) is 0 Å². The third-order valence-corrected chi connectivity index (χ3v) is 5.73. The largest absolute Gasteiger partial charge is 0.381 e. The fraction of sp³-hybridized carbons (Fsp3) is 1.00. The van der Waals surface area contributed by atoms with Gasteiger partial charge < -0.3 is 14.8 Å². The zero-order valence-corrected chi connectivity index (χ0v) is 13.2. The van der Waals surface area contributed by atoms with Gasteiger partial charge in [-0.3, -0.25) is 0 Å². The van der Waals surface area contributed by atoms with E-state index in [1.54, 1.807) is 0 Å². The van der Waals surface area contributed by atoms with Crippen LogP contribution >= 0.6 is 0 Å². The summed E-state index contributed by atoms with van der Waals surface area (Å²) in [5.41, 5.74) is 0.526. The maximum atomic E-state index is 6.24. The molecule has 0 aromatic carbocycles. The van der Waals surface area contributed by atoms with Crippen LogP contribution in [0.2, 0.25) is 0 Å². The average molecular weight is 281 g/mol. The van der Waals surface area contributed by atoms with Crippen molar-refractivity contribution in [1.29, 1.82) is 0 Å². The van der Waals surface area contributed by atoms with Crippen molar-refractivity contribution in [2.45, 2.75) is 69.9 Å². The van der Waals surface area contributed by atoms with Gasteiger partial charge in [0, 0.05) is 25.4 Å². The van der Waals surface area contributed by atoms with Gasteiger partial charge >= 0.3 is 0 Å². The first-order valence-electron chi connectivity index (χ1n) is 8.61. The van der Waals surface area contributed by atoms with E-state index in [4.69, 9.17) is 9.47 Å². The number of nitrogens with one attached hydrogen (secondary N) is 1. The van der Waals surface area contributed by atoms with Crippen molar-refractivity contribution in [3.05, 3.63) is 0 Å². The SMILES string of the molecule is CC(C)CC1(C2CCOC3(CCOCC3)C2)CCCN1. The third kappa shape index (κ3) is 2.90. The lowest BCUT2D eigenvalue weighted by atomic mass is 9.68. The summed E-state index contributed by atoms with van der Waals surface area (Å²) in [5, 5.41) is 3.91. The molecule has 0 saturated carbocycles. The van der Waals surface area contributed by atoms with E-state index in [0.717, 1.165) is 44.5 Å². The van der Waals surface area contributed by atoms with Gasteiger partial charge in [0.05, 0.1) is 5.60 Å². The van der Waals surface area contributed by atoms with E-state index in [1.807, 2.05) is 0 Å². The summed E-state index contributed by atoms with van der Waals surface area (Å²) in [6.45, 7) is 8.66. The molecule has 0 radical (unpaired) electrons. The van der Waals surface area contributed by atoms with Crippen molar-refractivity contribution in [3.63, 3.8) is 0 Å². The molecule has 3 fully saturated rings. The smallest absolute Gasteiger partial charge is 0.0729 e. The van der Waals surface area contributed by atoms with Crippen molar-refractivity contribution >= 4 is 0 Å². The van der Waals surface area contributed by atoms with Crippen LogP contribution in [-0.2, 0) is 9.47 Å². The molecule has 3 nitrogen and oxygen atoms in total. The normalized spacial score (nSPS) is 37.6. The summed E-state index contributed by atoms with van der Waals surface area (Å²) in [6.07, 6.45) is 8.72. The summed E-state index contributed by atoms with van der Waals surface area (Å²) in [5.74, 6) is 1.56. The molecule has 3 heterocycles. The number of ether oxygens (including phenoxy) is 2. The molecular formula is C17H31NO2. The van der Waals surface area contributed by atoms with Crippen molar-refractivity contribution in [2.75, 3.05) is 26.4 Å². The van der Waals surface area contributed by atoms with Crippen LogP contribution in [0.1, 0.15) is 58.8 Å². The van der Waals surface area contributed by atoms with Gasteiger partial charge in [-0.1, -0.05) is 13.8 Å². The fourth-order valence-corrected chi connectivity index (χ4v) is 4.84. The van der Waals surface area contributed by atoms with Crippen molar-refractivity contribution in [2.24, 2.45) is 11.8 Å². The van der Waals surface area contributed by atoms with E-state index < -0.39 is 0 Å². The molecule has 3 aliphatic heterocycles. The van der Waals surface area contributed by atoms with Crippen LogP contribution in [0.15, 0.2) is 0 Å². The molecule has 0 aromatic heterocycles. The third-order valence-electron chi connectivity index (χ3n) is 5.73. The molecular weight excluding hydrogens is 250 g/mol. The lowest BCUT2D eigenvalue weighted by Crippen LogP contribution is -2.55. The Labute approximate surface area is 123 Å². The van der Waals surface area contributed by atoms with Gasteiger partial charge in [-0.25, -0.2) is 0 Å². The highest BCUT2D eigenvalue weighted by Gasteiger charge is 2.48. The van der Waals surface area contributed by atoms with Gasteiger partial charge in [-0.2, -0.15) is 0 Å². The second-order valence-electron chi connectivity index (χ2n) is 7.62. The molecule has 0 aliphatic carbocycles. The number of hydrogen-bond donors (Lipinski definition) is 1. The minimum Gasteiger partial charge on any atom is -0.381 e. The fourth-order valence-electron chi connectivity index (χ4n) is 4.84. The van der Waals surface area contributed by atoms with E-state index in [1.165, 1.54) is 38.6 Å². The van der Waals surface area contributed by atoms with Crippen molar-refractivity contribution in [1.82, 2.24) is 5.32 Å². The number of hydrogen-bond acceptors (Lipinski definition) is 3. The molecule has 2 atom stereocenters. The van der Waals surface area contributed by atoms with Crippen LogP contribution in [-0.4, -0.2) is 37.5 Å². The van der Waals surface area contributed by atoms with E-state index in [-0.39, 0.29) is 5.60 Å². The predicted molar refractivity (Wildman–Crippen MR) is 80.9 cm³/mol. The Kier molecular flexibility index (Phi) is 4.40. The maximum Gasteiger partial charge on any atom is 0.0729 e. The monoisotopic (exact) mass is 281 g/mol. The molecule has 0 bridgehead atoms. The Morgan fingerprint density at radius 3 is 2.60 bits per heavy atom. The summed E-state index contributed by atoms with van der Waals surface area (Å²) >= 11 is 0. The Bertz CT molecular complexity index is 311. The standard InChI is InChI=1S/C17H31NO2/c1-14(2)12-17(5-3-8-18-17)15-4-9-20-16(13-15)6-10-19-11-7-16/h14-15,18H,3-13H2,1-2H3. The van der Waals surface area contributed by atoms with Gasteiger partial charge in [0.25, 0.3) is 0 Å². The van der Waals surface area contributed by atoms with E-state index in [9.17, 15) is 0 Å². The highest BCUT2D eigenvalue weighted by Crippen LogP contribution is 2.45. The molecule has 116 valence electrons. The topological polar surface area (TPSA) is 30.5 Å². The second-order valence-corrected chi connectivity index (χ2v) is 7.62. The summed E-state index contributed by atoms with van der Waals surface area (Å²) in [4.78, 5) is 0. The second kappa shape index (κ2) is 5.94. The highest BCUT2D eigenvalue weighted by molar-refractivity contribution is 5.03. The average Bonchev–Trinajstić information content (AvgIpc) is 2.89. The van der Waals surface area contributed by atoms with Crippen LogP contribution in [0.5, 0.6) is 0 Å². The maximum absolute atomic E-state index is 6.24. The minimum atomic E-state index is 0.134. The van der Waals surface area contributed by atoms with Gasteiger partial charge in [0.1, 0.15) is 0 Å². The van der Waals surface area contributed by atoms with Crippen LogP contribution in [0.25, 0.3) is 0 Å². The molecule has 3 aliphatic rings. The minimum absolute atomic E-state index is 0.134. The lowest BCUT2D eigenvalue weighted by Gasteiger charge is -2.49. The summed E-state index contributed by atoms with van der Waals surface area (Å²) in [6, 6.07) is 0. The molecule has 3 saturated heterocycles. The predicted octanol–water partition coefficient (Wildman–Crippen LogP) is 3.13. The number of rotatable bonds is 3. The Morgan fingerprint density at radius 1 is 1.15 bits per heavy atom. The first kappa shape index (κ1) is 14.8. The Hall–Kier alpha value is -0.120. The van der Waals surface area contributed by atoms with E-state index in [0.29, 0.717) is 5.54 Å². The molecule has 2 unspecified atom stereocenters. The van der Waals surface area contributed by atoms with Crippen LogP contribution in [0, 0.1) is 11.8 Å². The molecule has 1 N–H and O–H groups in total. The molecule has 0 amide bonds. The van der Waals surface area contributed by atoms with Crippen LogP contribution in [0.4, 0.5) is 0 Å². The Balaban J connectivity index is 1.73. The molecule has 0 aromatic rings. The van der Waals surface area contributed by atoms with Gasteiger partial charge in [-0.15, -0.1) is 0 Å². The molecule has 3 heteroatoms. The Morgan fingerprint density at radius 2 is 1.95 bits per heavy atom. The quantitative estimate of drug-likeness (QED) is 0.862. The molecule has 20 heavy (non-hydrogen) atoms. The summed E-state index contributed by atoms with van der Waals surface area (Å²) < 4.78 is 11.8. The summed E-state index contributed by atoms with van der Waals surface area (Å²) in [7, 11) is 0. The zero-order valence-electron chi connectivity index (χ0n) is 13.2. The zero-order chi connectivity index (χ0) is 14.1. The lowest BCUT2D eigenvalue weighted by molar-refractivity contribution is -0.156. The van der Waals surface area contributed by atoms with Crippen LogP contribution < -0.4 is 5.32 Å². The van der Waals surface area contributed by atoms with Gasteiger partial charge in [0.2, 0.25) is 0 Å². The van der Waals surface area contributed by atoms with Crippen LogP contribution in [0.3, 0.4) is 0 Å².